The monoisotopic (exact) mass is 311 g/mol. The van der Waals surface area contributed by atoms with Gasteiger partial charge in [0.15, 0.2) is 11.5 Å². The molecule has 1 aliphatic rings. The van der Waals surface area contributed by atoms with E-state index in [2.05, 4.69) is 0 Å². The number of carbonyl (C=O) groups excluding carboxylic acids is 2. The molecule has 23 heavy (non-hydrogen) atoms. The van der Waals surface area contributed by atoms with Crippen LogP contribution in [0.5, 0.6) is 0 Å². The Morgan fingerprint density at radius 2 is 1.70 bits per heavy atom. The first-order chi connectivity index (χ1) is 11.0. The second kappa shape index (κ2) is 5.68. The summed E-state index contributed by atoms with van der Waals surface area (Å²) in [5, 5.41) is 10.1. The van der Waals surface area contributed by atoms with Gasteiger partial charge in [0.2, 0.25) is 0 Å². The highest BCUT2D eigenvalue weighted by molar-refractivity contribution is 6.16. The van der Waals surface area contributed by atoms with E-state index in [9.17, 15) is 19.1 Å². The lowest BCUT2D eigenvalue weighted by molar-refractivity contribution is -0.117. The summed E-state index contributed by atoms with van der Waals surface area (Å²) < 4.78 is 13.2. The molecule has 2 aromatic rings. The van der Waals surface area contributed by atoms with Crippen molar-refractivity contribution in [3.63, 3.8) is 0 Å². The Balaban J connectivity index is 2.17. The van der Waals surface area contributed by atoms with E-state index < -0.39 is 29.3 Å². The maximum absolute atomic E-state index is 13.2. The second-order valence-electron chi connectivity index (χ2n) is 5.28. The Hall–Kier alpha value is -2.95. The number of carbonyl (C=O) groups is 2. The Bertz CT molecular complexity index is 797. The molecule has 0 saturated heterocycles. The number of Topliss-reactive ketones (excluding diaryl/α,β-unsaturated/α-hetero) is 1. The average molecular weight is 311 g/mol. The van der Waals surface area contributed by atoms with Gasteiger partial charge in [0.05, 0.1) is 11.6 Å². The Morgan fingerprint density at radius 1 is 1.09 bits per heavy atom. The van der Waals surface area contributed by atoms with E-state index in [-0.39, 0.29) is 5.57 Å². The number of aliphatic hydroxyl groups excluding tert-OH is 1. The minimum absolute atomic E-state index is 0.0189. The van der Waals surface area contributed by atoms with Gasteiger partial charge in [-0.3, -0.25) is 14.5 Å². The van der Waals surface area contributed by atoms with Crippen LogP contribution in [0.3, 0.4) is 0 Å². The maximum Gasteiger partial charge on any atom is 0.294 e. The lowest BCUT2D eigenvalue weighted by Gasteiger charge is -2.26. The molecule has 0 aromatic heterocycles. The fourth-order valence-electron chi connectivity index (χ4n) is 2.78. The minimum Gasteiger partial charge on any atom is -0.503 e. The average Bonchev–Trinajstić information content (AvgIpc) is 2.81. The van der Waals surface area contributed by atoms with Gasteiger partial charge in [0.1, 0.15) is 5.82 Å². The number of hydrogen-bond acceptors (Lipinski definition) is 3. The summed E-state index contributed by atoms with van der Waals surface area (Å²) in [6.45, 7) is 1.30. The standard InChI is InChI=1S/C18H14FNO3/c1-11(21)15-16(12-7-9-13(19)10-8-12)20(18(23)17(15)22)14-5-3-2-4-6-14/h2-10,16,22H,1H3/t16-/m1/s1. The molecule has 1 aliphatic heterocycles. The number of anilines is 1. The van der Waals surface area contributed by atoms with E-state index in [4.69, 9.17) is 0 Å². The van der Waals surface area contributed by atoms with Crippen molar-refractivity contribution in [3.05, 3.63) is 77.3 Å². The molecule has 1 amide bonds. The van der Waals surface area contributed by atoms with E-state index in [0.717, 1.165) is 0 Å². The molecular formula is C18H14FNO3. The zero-order valence-electron chi connectivity index (χ0n) is 12.4. The van der Waals surface area contributed by atoms with Crippen molar-refractivity contribution < 1.29 is 19.1 Å². The molecule has 1 heterocycles. The molecule has 0 spiro atoms. The highest BCUT2D eigenvalue weighted by atomic mass is 19.1. The van der Waals surface area contributed by atoms with E-state index in [1.54, 1.807) is 30.3 Å². The van der Waals surface area contributed by atoms with Crippen LogP contribution in [0.1, 0.15) is 18.5 Å². The van der Waals surface area contributed by atoms with Crippen LogP contribution in [0, 0.1) is 5.82 Å². The number of amides is 1. The molecular weight excluding hydrogens is 297 g/mol. The van der Waals surface area contributed by atoms with Crippen molar-refractivity contribution in [1.82, 2.24) is 0 Å². The zero-order valence-corrected chi connectivity index (χ0v) is 12.4. The van der Waals surface area contributed by atoms with Crippen LogP contribution in [0.4, 0.5) is 10.1 Å². The number of rotatable bonds is 3. The molecule has 1 atom stereocenters. The first kappa shape index (κ1) is 15.0. The van der Waals surface area contributed by atoms with E-state index in [0.29, 0.717) is 11.3 Å². The highest BCUT2D eigenvalue weighted by Gasteiger charge is 2.43. The fraction of sp³-hybridized carbons (Fsp3) is 0.111. The van der Waals surface area contributed by atoms with Crippen molar-refractivity contribution >= 4 is 17.4 Å². The number of nitrogens with zero attached hydrogens (tertiary/aromatic N) is 1. The third-order valence-corrected chi connectivity index (χ3v) is 3.81. The molecule has 5 heteroatoms. The number of ketones is 1. The summed E-state index contributed by atoms with van der Waals surface area (Å²) in [5.41, 5.74) is 1.12. The van der Waals surface area contributed by atoms with Gasteiger partial charge in [-0.15, -0.1) is 0 Å². The fourth-order valence-corrected chi connectivity index (χ4v) is 2.78. The Kier molecular flexibility index (Phi) is 3.70. The Morgan fingerprint density at radius 3 is 2.26 bits per heavy atom. The largest absolute Gasteiger partial charge is 0.503 e. The molecule has 2 aromatic carbocycles. The summed E-state index contributed by atoms with van der Waals surface area (Å²) in [6.07, 6.45) is 0. The van der Waals surface area contributed by atoms with Gasteiger partial charge in [-0.05, 0) is 36.8 Å². The van der Waals surface area contributed by atoms with Crippen LogP contribution < -0.4 is 4.90 Å². The molecule has 0 fully saturated rings. The zero-order chi connectivity index (χ0) is 16.6. The van der Waals surface area contributed by atoms with Gasteiger partial charge >= 0.3 is 0 Å². The van der Waals surface area contributed by atoms with Gasteiger partial charge in [-0.2, -0.15) is 0 Å². The second-order valence-corrected chi connectivity index (χ2v) is 5.28. The quantitative estimate of drug-likeness (QED) is 0.946. The van der Waals surface area contributed by atoms with E-state index >= 15 is 0 Å². The number of aliphatic hydroxyl groups is 1. The van der Waals surface area contributed by atoms with Gasteiger partial charge in [0.25, 0.3) is 5.91 Å². The molecule has 4 nitrogen and oxygen atoms in total. The molecule has 0 saturated carbocycles. The predicted octanol–water partition coefficient (Wildman–Crippen LogP) is 3.31. The smallest absolute Gasteiger partial charge is 0.294 e. The van der Waals surface area contributed by atoms with E-state index in [1.165, 1.54) is 36.1 Å². The van der Waals surface area contributed by atoms with Crippen molar-refractivity contribution in [2.45, 2.75) is 13.0 Å². The van der Waals surface area contributed by atoms with E-state index in [1.807, 2.05) is 0 Å². The molecule has 0 radical (unpaired) electrons. The van der Waals surface area contributed by atoms with Crippen LogP contribution in [-0.2, 0) is 9.59 Å². The first-order valence-electron chi connectivity index (χ1n) is 7.09. The lowest BCUT2D eigenvalue weighted by atomic mass is 9.96. The predicted molar refractivity (Wildman–Crippen MR) is 83.4 cm³/mol. The molecule has 0 bridgehead atoms. The first-order valence-corrected chi connectivity index (χ1v) is 7.09. The molecule has 3 rings (SSSR count). The molecule has 1 N–H and O–H groups in total. The minimum atomic E-state index is -0.775. The summed E-state index contributed by atoms with van der Waals surface area (Å²) in [5.74, 6) is -2.02. The van der Waals surface area contributed by atoms with Crippen molar-refractivity contribution in [2.75, 3.05) is 4.90 Å². The summed E-state index contributed by atoms with van der Waals surface area (Å²) in [7, 11) is 0. The number of benzene rings is 2. The molecule has 116 valence electrons. The normalized spacial score (nSPS) is 17.7. The van der Waals surface area contributed by atoms with Crippen LogP contribution in [-0.4, -0.2) is 16.8 Å². The topological polar surface area (TPSA) is 57.6 Å². The van der Waals surface area contributed by atoms with Gasteiger partial charge in [-0.25, -0.2) is 4.39 Å². The Labute approximate surface area is 132 Å². The highest BCUT2D eigenvalue weighted by Crippen LogP contribution is 2.40. The van der Waals surface area contributed by atoms with Gasteiger partial charge in [-0.1, -0.05) is 30.3 Å². The third kappa shape index (κ3) is 2.50. The lowest BCUT2D eigenvalue weighted by Crippen LogP contribution is -2.30. The third-order valence-electron chi connectivity index (χ3n) is 3.81. The van der Waals surface area contributed by atoms with Crippen LogP contribution in [0.2, 0.25) is 0 Å². The summed E-state index contributed by atoms with van der Waals surface area (Å²) in [4.78, 5) is 25.8. The molecule has 0 aliphatic carbocycles. The van der Waals surface area contributed by atoms with Crippen LogP contribution in [0.15, 0.2) is 65.9 Å². The SMILES string of the molecule is CC(=O)C1=C(O)C(=O)N(c2ccccc2)[C@@H]1c1ccc(F)cc1. The summed E-state index contributed by atoms with van der Waals surface area (Å²) in [6, 6.07) is 13.5. The van der Waals surface area contributed by atoms with Gasteiger partial charge in [0, 0.05) is 5.69 Å². The number of hydrogen-bond donors (Lipinski definition) is 1. The van der Waals surface area contributed by atoms with Crippen molar-refractivity contribution in [2.24, 2.45) is 0 Å². The summed E-state index contributed by atoms with van der Waals surface area (Å²) >= 11 is 0. The van der Waals surface area contributed by atoms with Crippen LogP contribution >= 0.6 is 0 Å². The van der Waals surface area contributed by atoms with Crippen molar-refractivity contribution in [1.29, 1.82) is 0 Å². The maximum atomic E-state index is 13.2. The van der Waals surface area contributed by atoms with Crippen LogP contribution in [0.25, 0.3) is 0 Å². The van der Waals surface area contributed by atoms with Crippen molar-refractivity contribution in [3.8, 4) is 0 Å². The number of para-hydroxylation sites is 1. The van der Waals surface area contributed by atoms with Gasteiger partial charge < -0.3 is 5.11 Å². The number of halogens is 1. The molecule has 0 unspecified atom stereocenters.